The lowest BCUT2D eigenvalue weighted by Gasteiger charge is -2.15. The van der Waals surface area contributed by atoms with Gasteiger partial charge in [0.15, 0.2) is 6.29 Å². The molecule has 0 aromatic carbocycles. The van der Waals surface area contributed by atoms with Gasteiger partial charge >= 0.3 is 0 Å². The summed E-state index contributed by atoms with van der Waals surface area (Å²) in [5.41, 5.74) is 0. The molecule has 0 aromatic rings. The predicted molar refractivity (Wildman–Crippen MR) is 84.2 cm³/mol. The summed E-state index contributed by atoms with van der Waals surface area (Å²) in [6, 6.07) is 0. The van der Waals surface area contributed by atoms with Crippen LogP contribution in [0.2, 0.25) is 0 Å². The normalized spacial score (nSPS) is 11.7. The summed E-state index contributed by atoms with van der Waals surface area (Å²) in [6.45, 7) is 3.51. The fourth-order valence-corrected chi connectivity index (χ4v) is 2.24. The molecule has 0 radical (unpaired) electrons. The van der Waals surface area contributed by atoms with Crippen LogP contribution in [0, 0.1) is 0 Å². The third-order valence-corrected chi connectivity index (χ3v) is 3.51. The summed E-state index contributed by atoms with van der Waals surface area (Å²) >= 11 is 0. The van der Waals surface area contributed by atoms with Crippen LogP contribution in [0.4, 0.5) is 0 Å². The highest BCUT2D eigenvalue weighted by Gasteiger charge is 2.05. The van der Waals surface area contributed by atoms with E-state index in [-0.39, 0.29) is 6.54 Å². The second-order valence-corrected chi connectivity index (χ2v) is 5.69. The first-order chi connectivity index (χ1) is 10.2. The van der Waals surface area contributed by atoms with Crippen LogP contribution in [-0.4, -0.2) is 53.1 Å². The Morgan fingerprint density at radius 3 is 1.86 bits per heavy atom. The molecule has 21 heavy (non-hydrogen) atoms. The average molecular weight is 305 g/mol. The van der Waals surface area contributed by atoms with Crippen molar-refractivity contribution in [3.05, 3.63) is 0 Å². The molecular weight excluding hydrogens is 270 g/mol. The number of ether oxygens (including phenoxy) is 1. The van der Waals surface area contributed by atoms with Crippen LogP contribution in [0.25, 0.3) is 0 Å². The summed E-state index contributed by atoms with van der Waals surface area (Å²) < 4.78 is 5.39. The molecule has 3 N–H and O–H groups in total. The summed E-state index contributed by atoms with van der Waals surface area (Å²) in [7, 11) is 0. The first kappa shape index (κ1) is 20.8. The topological polar surface area (TPSA) is 73.2 Å². The molecule has 0 heterocycles. The molecule has 0 saturated carbocycles. The molecule has 5 heteroatoms. The lowest BCUT2D eigenvalue weighted by molar-refractivity contribution is -0.163. The van der Waals surface area contributed by atoms with Crippen LogP contribution in [-0.2, 0) is 4.74 Å². The molecule has 0 spiro atoms. The van der Waals surface area contributed by atoms with Gasteiger partial charge in [-0.1, -0.05) is 64.7 Å². The first-order valence-electron chi connectivity index (χ1n) is 8.54. The van der Waals surface area contributed by atoms with Crippen LogP contribution in [0.15, 0.2) is 0 Å². The van der Waals surface area contributed by atoms with Crippen molar-refractivity contribution in [3.63, 3.8) is 0 Å². The Morgan fingerprint density at radius 2 is 1.33 bits per heavy atom. The van der Waals surface area contributed by atoms with E-state index >= 15 is 0 Å². The Morgan fingerprint density at radius 1 is 0.810 bits per heavy atom. The Bertz CT molecular complexity index is 203. The van der Waals surface area contributed by atoms with Crippen molar-refractivity contribution >= 4 is 0 Å². The number of hydroxylamine groups is 2. The van der Waals surface area contributed by atoms with E-state index in [9.17, 15) is 5.21 Å². The van der Waals surface area contributed by atoms with Gasteiger partial charge in [-0.25, -0.2) is 0 Å². The molecule has 0 atom stereocenters. The fraction of sp³-hybridized carbons (Fsp3) is 1.00. The van der Waals surface area contributed by atoms with Crippen LogP contribution in [0.1, 0.15) is 71.1 Å². The molecule has 0 amide bonds. The second kappa shape index (κ2) is 16.2. The maximum Gasteiger partial charge on any atom is 0.166 e. The molecule has 0 aliphatic rings. The number of hydrogen-bond donors (Lipinski definition) is 3. The van der Waals surface area contributed by atoms with Gasteiger partial charge in [0.1, 0.15) is 0 Å². The monoisotopic (exact) mass is 305 g/mol. The maximum atomic E-state index is 9.23. The Kier molecular flexibility index (Phi) is 16.0. The zero-order valence-electron chi connectivity index (χ0n) is 13.7. The van der Waals surface area contributed by atoms with Crippen molar-refractivity contribution < 1.29 is 20.2 Å². The van der Waals surface area contributed by atoms with E-state index < -0.39 is 6.29 Å². The molecule has 0 aromatic heterocycles. The fourth-order valence-electron chi connectivity index (χ4n) is 2.24. The van der Waals surface area contributed by atoms with Gasteiger partial charge in [-0.2, -0.15) is 5.06 Å². The van der Waals surface area contributed by atoms with Gasteiger partial charge in [0, 0.05) is 13.2 Å². The van der Waals surface area contributed by atoms with E-state index in [2.05, 4.69) is 6.92 Å². The standard InChI is InChI=1S/C16H35NO4/c1-2-3-4-5-6-7-8-9-10-11-13-21-14-12-17(20)15-16(18)19/h16,18-20H,2-15H2,1H3. The molecule has 0 unspecified atom stereocenters. The quantitative estimate of drug-likeness (QED) is 0.232. The van der Waals surface area contributed by atoms with Gasteiger partial charge in [-0.05, 0) is 6.42 Å². The van der Waals surface area contributed by atoms with E-state index in [1.54, 1.807) is 0 Å². The molecule has 128 valence electrons. The van der Waals surface area contributed by atoms with Gasteiger partial charge in [0.05, 0.1) is 13.2 Å². The van der Waals surface area contributed by atoms with Gasteiger partial charge < -0.3 is 20.2 Å². The minimum atomic E-state index is -1.50. The lowest BCUT2D eigenvalue weighted by Crippen LogP contribution is -2.32. The van der Waals surface area contributed by atoms with Crippen LogP contribution in [0.3, 0.4) is 0 Å². The summed E-state index contributed by atoms with van der Waals surface area (Å²) in [4.78, 5) is 0. The SMILES string of the molecule is CCCCCCCCCCCCOCCN(O)CC(O)O. The van der Waals surface area contributed by atoms with Crippen molar-refractivity contribution in [1.82, 2.24) is 5.06 Å². The van der Waals surface area contributed by atoms with Gasteiger partial charge in [-0.3, -0.25) is 0 Å². The number of aliphatic hydroxyl groups excluding tert-OH is 1. The van der Waals surface area contributed by atoms with Crippen molar-refractivity contribution in [2.75, 3.05) is 26.3 Å². The Labute approximate surface area is 129 Å². The second-order valence-electron chi connectivity index (χ2n) is 5.69. The number of hydrogen-bond acceptors (Lipinski definition) is 5. The molecule has 0 aliphatic heterocycles. The van der Waals surface area contributed by atoms with Gasteiger partial charge in [-0.15, -0.1) is 0 Å². The van der Waals surface area contributed by atoms with Crippen LogP contribution < -0.4 is 0 Å². The molecule has 0 aliphatic carbocycles. The minimum Gasteiger partial charge on any atom is -0.380 e. The van der Waals surface area contributed by atoms with Crippen LogP contribution >= 0.6 is 0 Å². The number of rotatable bonds is 16. The highest BCUT2D eigenvalue weighted by Crippen LogP contribution is 2.10. The van der Waals surface area contributed by atoms with Crippen molar-refractivity contribution in [3.8, 4) is 0 Å². The number of aliphatic hydroxyl groups is 2. The smallest absolute Gasteiger partial charge is 0.166 e. The van der Waals surface area contributed by atoms with Crippen LogP contribution in [0.5, 0.6) is 0 Å². The molecular formula is C16H35NO4. The largest absolute Gasteiger partial charge is 0.380 e. The maximum absolute atomic E-state index is 9.23. The van der Waals surface area contributed by atoms with E-state index in [1.165, 1.54) is 57.8 Å². The molecule has 0 saturated heterocycles. The summed E-state index contributed by atoms with van der Waals surface area (Å²) in [6.07, 6.45) is 11.6. The number of nitrogens with zero attached hydrogens (tertiary/aromatic N) is 1. The average Bonchev–Trinajstić information content (AvgIpc) is 2.43. The van der Waals surface area contributed by atoms with Crippen molar-refractivity contribution in [2.24, 2.45) is 0 Å². The summed E-state index contributed by atoms with van der Waals surface area (Å²) in [5.74, 6) is 0. The summed E-state index contributed by atoms with van der Waals surface area (Å²) in [5, 5.41) is 27.4. The first-order valence-corrected chi connectivity index (χ1v) is 8.54. The predicted octanol–water partition coefficient (Wildman–Crippen LogP) is 2.93. The molecule has 5 nitrogen and oxygen atoms in total. The van der Waals surface area contributed by atoms with Gasteiger partial charge in [0.2, 0.25) is 0 Å². The van der Waals surface area contributed by atoms with Crippen molar-refractivity contribution in [1.29, 1.82) is 0 Å². The Balaban J connectivity index is 3.05. The Hall–Kier alpha value is -0.200. The van der Waals surface area contributed by atoms with E-state index in [0.29, 0.717) is 19.8 Å². The van der Waals surface area contributed by atoms with E-state index in [1.807, 2.05) is 0 Å². The zero-order chi connectivity index (χ0) is 15.8. The zero-order valence-corrected chi connectivity index (χ0v) is 13.7. The lowest BCUT2D eigenvalue weighted by atomic mass is 10.1. The third kappa shape index (κ3) is 17.7. The van der Waals surface area contributed by atoms with E-state index in [0.717, 1.165) is 11.5 Å². The van der Waals surface area contributed by atoms with Crippen molar-refractivity contribution in [2.45, 2.75) is 77.4 Å². The molecule has 0 rings (SSSR count). The van der Waals surface area contributed by atoms with E-state index in [4.69, 9.17) is 14.9 Å². The number of unbranched alkanes of at least 4 members (excludes halogenated alkanes) is 9. The highest BCUT2D eigenvalue weighted by atomic mass is 16.5. The highest BCUT2D eigenvalue weighted by molar-refractivity contribution is 4.48. The molecule has 0 bridgehead atoms. The molecule has 0 fully saturated rings. The third-order valence-electron chi connectivity index (χ3n) is 3.51. The minimum absolute atomic E-state index is 0.165. The van der Waals surface area contributed by atoms with Gasteiger partial charge in [0.25, 0.3) is 0 Å².